The van der Waals surface area contributed by atoms with Crippen molar-refractivity contribution in [3.8, 4) is 17.6 Å². The highest BCUT2D eigenvalue weighted by molar-refractivity contribution is 5.95. The second-order valence-electron chi connectivity index (χ2n) is 9.01. The van der Waals surface area contributed by atoms with E-state index in [1.165, 1.54) is 12.1 Å². The van der Waals surface area contributed by atoms with E-state index in [0.29, 0.717) is 55.3 Å². The molecule has 7 nitrogen and oxygen atoms in total. The Labute approximate surface area is 193 Å². The molecule has 0 unspecified atom stereocenters. The SMILES string of the molecule is N#Cc1ccc(N2C[C@H]3CN(C(=O)c4ccc5c(c4)OCO5)CC[C@@]3(CO)C2)cc1C(F)(F)F. The topological polar surface area (TPSA) is 86.0 Å². The van der Waals surface area contributed by atoms with Gasteiger partial charge in [0.05, 0.1) is 23.8 Å². The number of piperidine rings is 1. The van der Waals surface area contributed by atoms with Gasteiger partial charge in [0.15, 0.2) is 11.5 Å². The van der Waals surface area contributed by atoms with Gasteiger partial charge in [0.1, 0.15) is 0 Å². The zero-order valence-electron chi connectivity index (χ0n) is 18.1. The highest BCUT2D eigenvalue weighted by Gasteiger charge is 2.50. The molecule has 2 fully saturated rings. The van der Waals surface area contributed by atoms with E-state index in [1.807, 2.05) is 4.90 Å². The van der Waals surface area contributed by atoms with Gasteiger partial charge in [0.25, 0.3) is 5.91 Å². The largest absolute Gasteiger partial charge is 0.454 e. The molecular weight excluding hydrogens is 451 g/mol. The number of nitriles is 1. The van der Waals surface area contributed by atoms with Crippen LogP contribution in [0.2, 0.25) is 0 Å². The molecule has 178 valence electrons. The standard InChI is InChI=1S/C24H22F3N3O4/c25-24(26,27)19-8-18(3-1-16(19)9-28)30-11-17-10-29(6-5-23(17,12-30)13-31)22(32)15-2-4-20-21(7-15)34-14-33-20/h1-4,7-8,17,31H,5-6,10-14H2/t17-,23+/m1/s1. The number of benzene rings is 2. The van der Waals surface area contributed by atoms with Crippen molar-refractivity contribution in [3.63, 3.8) is 0 Å². The number of alkyl halides is 3. The second-order valence-corrected chi connectivity index (χ2v) is 9.01. The third-order valence-corrected chi connectivity index (χ3v) is 7.15. The molecule has 0 bridgehead atoms. The van der Waals surface area contributed by atoms with Crippen molar-refractivity contribution >= 4 is 11.6 Å². The number of amides is 1. The van der Waals surface area contributed by atoms with E-state index in [4.69, 9.17) is 14.7 Å². The number of halogens is 3. The smallest absolute Gasteiger partial charge is 0.417 e. The second kappa shape index (κ2) is 8.09. The number of rotatable bonds is 3. The average molecular weight is 473 g/mol. The van der Waals surface area contributed by atoms with Crippen LogP contribution in [0.3, 0.4) is 0 Å². The van der Waals surface area contributed by atoms with Crippen LogP contribution in [0.1, 0.15) is 27.9 Å². The van der Waals surface area contributed by atoms with Crippen molar-refractivity contribution in [1.82, 2.24) is 4.90 Å². The first-order valence-corrected chi connectivity index (χ1v) is 10.9. The van der Waals surface area contributed by atoms with Gasteiger partial charge in [0.2, 0.25) is 6.79 Å². The van der Waals surface area contributed by atoms with E-state index in [9.17, 15) is 23.1 Å². The molecule has 2 saturated heterocycles. The molecule has 1 N–H and O–H groups in total. The highest BCUT2D eigenvalue weighted by Crippen LogP contribution is 2.45. The summed E-state index contributed by atoms with van der Waals surface area (Å²) in [6.07, 6.45) is -4.11. The first kappa shape index (κ1) is 22.3. The van der Waals surface area contributed by atoms with E-state index >= 15 is 0 Å². The monoisotopic (exact) mass is 473 g/mol. The molecule has 0 radical (unpaired) electrons. The molecule has 34 heavy (non-hydrogen) atoms. The van der Waals surface area contributed by atoms with Gasteiger partial charge in [-0.3, -0.25) is 4.79 Å². The number of anilines is 1. The number of hydrogen-bond acceptors (Lipinski definition) is 6. The molecule has 1 amide bonds. The van der Waals surface area contributed by atoms with Crippen molar-refractivity contribution in [2.24, 2.45) is 11.3 Å². The molecule has 0 saturated carbocycles. The molecule has 2 atom stereocenters. The number of carbonyl (C=O) groups is 1. The van der Waals surface area contributed by atoms with Crippen LogP contribution in [0, 0.1) is 22.7 Å². The molecule has 5 rings (SSSR count). The lowest BCUT2D eigenvalue weighted by molar-refractivity contribution is -0.137. The third-order valence-electron chi connectivity index (χ3n) is 7.15. The van der Waals surface area contributed by atoms with Gasteiger partial charge in [-0.2, -0.15) is 18.4 Å². The Morgan fingerprint density at radius 2 is 1.97 bits per heavy atom. The lowest BCUT2D eigenvalue weighted by Crippen LogP contribution is -2.50. The van der Waals surface area contributed by atoms with Crippen molar-refractivity contribution in [1.29, 1.82) is 5.26 Å². The van der Waals surface area contributed by atoms with Crippen molar-refractivity contribution in [2.75, 3.05) is 44.5 Å². The number of fused-ring (bicyclic) bond motifs is 2. The first-order chi connectivity index (χ1) is 16.2. The normalized spacial score (nSPS) is 23.6. The zero-order chi connectivity index (χ0) is 24.1. The fourth-order valence-corrected chi connectivity index (χ4v) is 5.20. The molecular formula is C24H22F3N3O4. The lowest BCUT2D eigenvalue weighted by Gasteiger charge is -2.42. The van der Waals surface area contributed by atoms with Crippen LogP contribution in [-0.4, -0.2) is 55.5 Å². The Balaban J connectivity index is 1.37. The number of likely N-dealkylation sites (tertiary alicyclic amines) is 1. The van der Waals surface area contributed by atoms with Gasteiger partial charge in [-0.25, -0.2) is 0 Å². The number of hydrogen-bond donors (Lipinski definition) is 1. The molecule has 2 aromatic carbocycles. The minimum atomic E-state index is -4.64. The summed E-state index contributed by atoms with van der Waals surface area (Å²) >= 11 is 0. The quantitative estimate of drug-likeness (QED) is 0.737. The van der Waals surface area contributed by atoms with Gasteiger partial charge in [0, 0.05) is 48.8 Å². The number of carbonyl (C=O) groups excluding carboxylic acids is 1. The summed E-state index contributed by atoms with van der Waals surface area (Å²) in [4.78, 5) is 16.7. The van der Waals surface area contributed by atoms with E-state index in [2.05, 4.69) is 0 Å². The highest BCUT2D eigenvalue weighted by atomic mass is 19.4. The van der Waals surface area contributed by atoms with Gasteiger partial charge in [-0.1, -0.05) is 0 Å². The summed E-state index contributed by atoms with van der Waals surface area (Å²) in [7, 11) is 0. The fraction of sp³-hybridized carbons (Fsp3) is 0.417. The van der Waals surface area contributed by atoms with Crippen molar-refractivity contribution < 1.29 is 32.5 Å². The number of nitrogens with zero attached hydrogens (tertiary/aromatic N) is 3. The van der Waals surface area contributed by atoms with E-state index in [0.717, 1.165) is 6.07 Å². The van der Waals surface area contributed by atoms with Crippen LogP contribution >= 0.6 is 0 Å². The van der Waals surface area contributed by atoms with Gasteiger partial charge in [-0.05, 0) is 42.8 Å². The van der Waals surface area contributed by atoms with Gasteiger partial charge >= 0.3 is 6.18 Å². The maximum absolute atomic E-state index is 13.5. The average Bonchev–Trinajstić information content (AvgIpc) is 3.46. The van der Waals surface area contributed by atoms with Crippen LogP contribution in [-0.2, 0) is 6.18 Å². The Bertz CT molecular complexity index is 1180. The summed E-state index contributed by atoms with van der Waals surface area (Å²) in [6.45, 7) is 1.58. The first-order valence-electron chi connectivity index (χ1n) is 10.9. The number of aliphatic hydroxyl groups excluding tert-OH is 1. The van der Waals surface area contributed by atoms with E-state index in [-0.39, 0.29) is 25.2 Å². The van der Waals surface area contributed by atoms with Crippen molar-refractivity contribution in [3.05, 3.63) is 53.1 Å². The summed E-state index contributed by atoms with van der Waals surface area (Å²) in [5, 5.41) is 19.3. The van der Waals surface area contributed by atoms with Crippen LogP contribution in [0.5, 0.6) is 11.5 Å². The summed E-state index contributed by atoms with van der Waals surface area (Å²) in [6, 6.07) is 10.3. The zero-order valence-corrected chi connectivity index (χ0v) is 18.1. The van der Waals surface area contributed by atoms with Gasteiger partial charge in [-0.15, -0.1) is 0 Å². The van der Waals surface area contributed by atoms with Crippen LogP contribution in [0.4, 0.5) is 18.9 Å². The molecule has 10 heteroatoms. The fourth-order valence-electron chi connectivity index (χ4n) is 5.20. The predicted molar refractivity (Wildman–Crippen MR) is 114 cm³/mol. The van der Waals surface area contributed by atoms with Crippen molar-refractivity contribution in [2.45, 2.75) is 12.6 Å². The Hall–Kier alpha value is -3.45. The molecule has 0 aliphatic carbocycles. The maximum atomic E-state index is 13.5. The molecule has 3 heterocycles. The Kier molecular flexibility index (Phi) is 5.32. The molecule has 0 spiro atoms. The number of aliphatic hydroxyl groups is 1. The maximum Gasteiger partial charge on any atom is 0.417 e. The Morgan fingerprint density at radius 1 is 1.18 bits per heavy atom. The lowest BCUT2D eigenvalue weighted by atomic mass is 9.73. The minimum Gasteiger partial charge on any atom is -0.454 e. The van der Waals surface area contributed by atoms with E-state index < -0.39 is 22.7 Å². The molecule has 2 aromatic rings. The predicted octanol–water partition coefficient (Wildman–Crippen LogP) is 3.27. The third kappa shape index (κ3) is 3.70. The van der Waals surface area contributed by atoms with Crippen LogP contribution < -0.4 is 14.4 Å². The Morgan fingerprint density at radius 3 is 2.71 bits per heavy atom. The number of ether oxygens (including phenoxy) is 2. The van der Waals surface area contributed by atoms with Crippen LogP contribution in [0.15, 0.2) is 36.4 Å². The summed E-state index contributed by atoms with van der Waals surface area (Å²) in [5.41, 5.74) is -1.09. The van der Waals surface area contributed by atoms with Gasteiger partial charge < -0.3 is 24.4 Å². The molecule has 3 aliphatic rings. The minimum absolute atomic E-state index is 0.110. The summed E-state index contributed by atoms with van der Waals surface area (Å²) < 4.78 is 51.0. The molecule has 0 aromatic heterocycles. The van der Waals surface area contributed by atoms with Crippen LogP contribution in [0.25, 0.3) is 0 Å². The summed E-state index contributed by atoms with van der Waals surface area (Å²) in [5.74, 6) is 0.817. The van der Waals surface area contributed by atoms with E-state index in [1.54, 1.807) is 29.2 Å². The molecule has 3 aliphatic heterocycles.